The molecular formula is C21H19F3N4O. The van der Waals surface area contributed by atoms with Gasteiger partial charge in [0.25, 0.3) is 0 Å². The molecule has 0 spiro atoms. The minimum atomic E-state index is -4.39. The van der Waals surface area contributed by atoms with E-state index < -0.39 is 11.7 Å². The van der Waals surface area contributed by atoms with Crippen LogP contribution < -0.4 is 4.90 Å². The molecule has 29 heavy (non-hydrogen) atoms. The maximum atomic E-state index is 13.3. The number of anilines is 1. The Morgan fingerprint density at radius 1 is 1.00 bits per heavy atom. The van der Waals surface area contributed by atoms with Gasteiger partial charge in [0.1, 0.15) is 6.10 Å². The highest BCUT2D eigenvalue weighted by molar-refractivity contribution is 5.34. The van der Waals surface area contributed by atoms with E-state index in [1.165, 1.54) is 12.1 Å². The average molecular weight is 400 g/mol. The minimum absolute atomic E-state index is 0.0990. The minimum Gasteiger partial charge on any atom is -0.368 e. The molecule has 1 aliphatic heterocycles. The number of rotatable bonds is 4. The van der Waals surface area contributed by atoms with Crippen molar-refractivity contribution in [3.63, 3.8) is 0 Å². The zero-order chi connectivity index (χ0) is 20.3. The summed E-state index contributed by atoms with van der Waals surface area (Å²) in [6.45, 7) is 1.69. The number of nitrogens with zero attached hydrogens (tertiary/aromatic N) is 4. The van der Waals surface area contributed by atoms with Crippen molar-refractivity contribution in [3.8, 4) is 0 Å². The molecule has 2 aromatic heterocycles. The molecular weight excluding hydrogens is 381 g/mol. The summed E-state index contributed by atoms with van der Waals surface area (Å²) in [5, 5.41) is 0. The monoisotopic (exact) mass is 400 g/mol. The summed E-state index contributed by atoms with van der Waals surface area (Å²) in [5.41, 5.74) is 0.825. The number of morpholine rings is 1. The number of halogens is 3. The Bertz CT molecular complexity index is 965. The highest BCUT2D eigenvalue weighted by Gasteiger charge is 2.33. The van der Waals surface area contributed by atoms with Crippen LogP contribution in [0.1, 0.15) is 28.6 Å². The Balaban J connectivity index is 1.54. The van der Waals surface area contributed by atoms with E-state index in [0.717, 1.165) is 6.07 Å². The van der Waals surface area contributed by atoms with Crippen molar-refractivity contribution >= 4 is 5.95 Å². The summed E-state index contributed by atoms with van der Waals surface area (Å²) in [6.07, 6.45) is -1.23. The van der Waals surface area contributed by atoms with Gasteiger partial charge in [-0.2, -0.15) is 13.2 Å². The zero-order valence-corrected chi connectivity index (χ0v) is 15.5. The van der Waals surface area contributed by atoms with Crippen molar-refractivity contribution in [1.82, 2.24) is 15.0 Å². The molecule has 3 heterocycles. The molecule has 5 nitrogen and oxygen atoms in total. The fraction of sp³-hybridized carbons (Fsp3) is 0.286. The predicted molar refractivity (Wildman–Crippen MR) is 101 cm³/mol. The molecule has 0 amide bonds. The normalized spacial score (nSPS) is 17.3. The van der Waals surface area contributed by atoms with E-state index in [2.05, 4.69) is 15.0 Å². The van der Waals surface area contributed by atoms with Crippen molar-refractivity contribution in [2.75, 3.05) is 24.6 Å². The number of pyridine rings is 1. The first-order chi connectivity index (χ1) is 14.0. The Kier molecular flexibility index (Phi) is 5.44. The van der Waals surface area contributed by atoms with Gasteiger partial charge in [-0.05, 0) is 29.8 Å². The standard InChI is InChI=1S/C21H19F3N4O/c22-21(23,24)17-7-2-1-5-15(17)13-16-6-3-8-18(27-16)19-14-28(11-12-29-19)20-25-9-4-10-26-20/h1-10,19H,11-14H2/t19-/m1/s1. The second-order valence-corrected chi connectivity index (χ2v) is 6.74. The maximum absolute atomic E-state index is 13.3. The van der Waals surface area contributed by atoms with Gasteiger partial charge >= 0.3 is 6.18 Å². The van der Waals surface area contributed by atoms with Crippen LogP contribution in [0.15, 0.2) is 60.9 Å². The lowest BCUT2D eigenvalue weighted by molar-refractivity contribution is -0.138. The fourth-order valence-corrected chi connectivity index (χ4v) is 3.39. The Labute approximate surface area is 166 Å². The fourth-order valence-electron chi connectivity index (χ4n) is 3.39. The number of alkyl halides is 3. The van der Waals surface area contributed by atoms with Crippen molar-refractivity contribution in [2.24, 2.45) is 0 Å². The number of ether oxygens (including phenoxy) is 1. The molecule has 0 bridgehead atoms. The first-order valence-electron chi connectivity index (χ1n) is 9.25. The molecule has 1 atom stereocenters. The number of hydrogen-bond donors (Lipinski definition) is 0. The third-order valence-corrected chi connectivity index (χ3v) is 4.75. The third kappa shape index (κ3) is 4.54. The van der Waals surface area contributed by atoms with Crippen molar-refractivity contribution in [1.29, 1.82) is 0 Å². The highest BCUT2D eigenvalue weighted by atomic mass is 19.4. The SMILES string of the molecule is FC(F)(F)c1ccccc1Cc1cccc([C@H]2CN(c3ncccn3)CCO2)n1. The molecule has 8 heteroatoms. The van der Waals surface area contributed by atoms with Crippen LogP contribution in [-0.2, 0) is 17.3 Å². The van der Waals surface area contributed by atoms with Crippen molar-refractivity contribution in [3.05, 3.63) is 83.4 Å². The molecule has 0 radical (unpaired) electrons. The second kappa shape index (κ2) is 8.16. The predicted octanol–water partition coefficient (Wildman–Crippen LogP) is 4.06. The van der Waals surface area contributed by atoms with Gasteiger partial charge in [-0.3, -0.25) is 4.98 Å². The first kappa shape index (κ1) is 19.3. The van der Waals surface area contributed by atoms with Gasteiger partial charge in [-0.1, -0.05) is 24.3 Å². The van der Waals surface area contributed by atoms with Crippen molar-refractivity contribution in [2.45, 2.75) is 18.7 Å². The van der Waals surface area contributed by atoms with E-state index in [9.17, 15) is 13.2 Å². The van der Waals surface area contributed by atoms with Gasteiger partial charge in [0.05, 0.1) is 24.4 Å². The largest absolute Gasteiger partial charge is 0.416 e. The Morgan fingerprint density at radius 3 is 2.59 bits per heavy atom. The van der Waals surface area contributed by atoms with Gasteiger partial charge in [0.15, 0.2) is 0 Å². The smallest absolute Gasteiger partial charge is 0.368 e. The van der Waals surface area contributed by atoms with Crippen LogP contribution in [-0.4, -0.2) is 34.6 Å². The molecule has 0 N–H and O–H groups in total. The first-order valence-corrected chi connectivity index (χ1v) is 9.25. The Morgan fingerprint density at radius 2 is 1.79 bits per heavy atom. The molecule has 0 aliphatic carbocycles. The third-order valence-electron chi connectivity index (χ3n) is 4.75. The van der Waals surface area contributed by atoms with E-state index in [-0.39, 0.29) is 18.1 Å². The van der Waals surface area contributed by atoms with Crippen LogP contribution in [0.3, 0.4) is 0 Å². The summed E-state index contributed by atoms with van der Waals surface area (Å²) >= 11 is 0. The van der Waals surface area contributed by atoms with Crippen LogP contribution in [0.2, 0.25) is 0 Å². The second-order valence-electron chi connectivity index (χ2n) is 6.74. The molecule has 1 fully saturated rings. The van der Waals surface area contributed by atoms with E-state index >= 15 is 0 Å². The quantitative estimate of drug-likeness (QED) is 0.661. The topological polar surface area (TPSA) is 51.1 Å². The van der Waals surface area contributed by atoms with Crippen molar-refractivity contribution < 1.29 is 17.9 Å². The lowest BCUT2D eigenvalue weighted by atomic mass is 10.0. The van der Waals surface area contributed by atoms with Gasteiger partial charge < -0.3 is 9.64 Å². The summed E-state index contributed by atoms with van der Waals surface area (Å²) in [5.74, 6) is 0.621. The molecule has 0 unspecified atom stereocenters. The summed E-state index contributed by atoms with van der Waals surface area (Å²) < 4.78 is 45.7. The van der Waals surface area contributed by atoms with Crippen LogP contribution in [0.4, 0.5) is 19.1 Å². The van der Waals surface area contributed by atoms with Gasteiger partial charge in [0, 0.05) is 31.1 Å². The lowest BCUT2D eigenvalue weighted by Gasteiger charge is -2.32. The zero-order valence-electron chi connectivity index (χ0n) is 15.5. The molecule has 1 saturated heterocycles. The Hall–Kier alpha value is -3.00. The van der Waals surface area contributed by atoms with E-state index in [1.54, 1.807) is 36.7 Å². The van der Waals surface area contributed by atoms with E-state index in [0.29, 0.717) is 37.0 Å². The maximum Gasteiger partial charge on any atom is 0.416 e. The summed E-state index contributed by atoms with van der Waals surface area (Å²) in [6, 6.07) is 12.7. The van der Waals surface area contributed by atoms with E-state index in [4.69, 9.17) is 4.74 Å². The molecule has 1 aliphatic rings. The van der Waals surface area contributed by atoms with E-state index in [1.807, 2.05) is 11.0 Å². The number of hydrogen-bond acceptors (Lipinski definition) is 5. The van der Waals surface area contributed by atoms with Crippen LogP contribution in [0.5, 0.6) is 0 Å². The molecule has 3 aromatic rings. The number of aromatic nitrogens is 3. The average Bonchev–Trinajstić information content (AvgIpc) is 2.74. The molecule has 0 saturated carbocycles. The molecule has 1 aromatic carbocycles. The van der Waals surface area contributed by atoms with Gasteiger partial charge in [0.2, 0.25) is 5.95 Å². The summed E-state index contributed by atoms with van der Waals surface area (Å²) in [4.78, 5) is 15.1. The number of benzene rings is 1. The van der Waals surface area contributed by atoms with Crippen LogP contribution in [0, 0.1) is 0 Å². The van der Waals surface area contributed by atoms with Crippen LogP contribution in [0.25, 0.3) is 0 Å². The molecule has 150 valence electrons. The summed E-state index contributed by atoms with van der Waals surface area (Å²) in [7, 11) is 0. The van der Waals surface area contributed by atoms with Crippen LogP contribution >= 0.6 is 0 Å². The van der Waals surface area contributed by atoms with Gasteiger partial charge in [-0.15, -0.1) is 0 Å². The molecule has 4 rings (SSSR count). The van der Waals surface area contributed by atoms with Gasteiger partial charge in [-0.25, -0.2) is 9.97 Å². The highest BCUT2D eigenvalue weighted by Crippen LogP contribution is 2.33. The lowest BCUT2D eigenvalue weighted by Crippen LogP contribution is -2.39.